The van der Waals surface area contributed by atoms with Crippen molar-refractivity contribution in [3.05, 3.63) is 80.4 Å². The van der Waals surface area contributed by atoms with Gasteiger partial charge in [0.1, 0.15) is 11.6 Å². The predicted octanol–water partition coefficient (Wildman–Crippen LogP) is 4.24. The number of aromatic amines is 1. The van der Waals surface area contributed by atoms with Crippen LogP contribution in [0.1, 0.15) is 28.6 Å². The van der Waals surface area contributed by atoms with Crippen LogP contribution in [-0.4, -0.2) is 45.0 Å². The van der Waals surface area contributed by atoms with Gasteiger partial charge in [0.2, 0.25) is 5.91 Å². The molecule has 1 N–H and O–H groups in total. The van der Waals surface area contributed by atoms with Crippen LogP contribution < -0.4 is 5.56 Å². The first kappa shape index (κ1) is 23.3. The number of aryl methyl sites for hydroxylation is 1. The Kier molecular flexibility index (Phi) is 6.70. The molecule has 7 nitrogen and oxygen atoms in total. The molecule has 1 aliphatic heterocycles. The monoisotopic (exact) mass is 492 g/mol. The fourth-order valence-electron chi connectivity index (χ4n) is 4.35. The van der Waals surface area contributed by atoms with Crippen molar-refractivity contribution in [1.29, 1.82) is 0 Å². The maximum absolute atomic E-state index is 13.6. The molecule has 0 spiro atoms. The second kappa shape index (κ2) is 10.1. The molecule has 4 aromatic rings. The molecule has 2 aromatic carbocycles. The SMILES string of the molecule is Cc1nc(-c2ccc(F)cc2)c(CC(=O)N(Cc2nc3ccccc3c(=O)[nH]2)CC2CCCO2)s1. The predicted molar refractivity (Wildman–Crippen MR) is 133 cm³/mol. The van der Waals surface area contributed by atoms with Gasteiger partial charge in [0, 0.05) is 23.6 Å². The summed E-state index contributed by atoms with van der Waals surface area (Å²) in [4.78, 5) is 40.6. The van der Waals surface area contributed by atoms with Crippen LogP contribution in [0.2, 0.25) is 0 Å². The number of fused-ring (bicyclic) bond motifs is 1. The standard InChI is InChI=1S/C26H25FN4O3S/c1-16-28-25(17-8-10-18(27)11-9-17)22(35-16)13-24(32)31(14-19-5-4-12-34-19)15-23-29-21-7-3-2-6-20(21)26(33)30-23/h2-3,6-11,19H,4-5,12-15H2,1H3,(H,29,30,33). The van der Waals surface area contributed by atoms with Gasteiger partial charge >= 0.3 is 0 Å². The Morgan fingerprint density at radius 2 is 2.00 bits per heavy atom. The molecular formula is C26H25FN4O3S. The normalized spacial score (nSPS) is 15.5. The molecule has 180 valence electrons. The topological polar surface area (TPSA) is 88.2 Å². The van der Waals surface area contributed by atoms with Crippen LogP contribution in [0.5, 0.6) is 0 Å². The molecule has 1 amide bonds. The van der Waals surface area contributed by atoms with Crippen LogP contribution in [0.3, 0.4) is 0 Å². The zero-order valence-electron chi connectivity index (χ0n) is 19.3. The number of para-hydroxylation sites is 1. The number of rotatable bonds is 7. The van der Waals surface area contributed by atoms with Crippen molar-refractivity contribution in [2.24, 2.45) is 0 Å². The summed E-state index contributed by atoms with van der Waals surface area (Å²) in [6.07, 6.45) is 1.93. The molecule has 5 rings (SSSR count). The van der Waals surface area contributed by atoms with E-state index in [0.717, 1.165) is 28.3 Å². The van der Waals surface area contributed by atoms with Gasteiger partial charge in [0.05, 0.1) is 40.7 Å². The number of thiazole rings is 1. The van der Waals surface area contributed by atoms with Crippen molar-refractivity contribution in [3.8, 4) is 11.3 Å². The number of ether oxygens (including phenoxy) is 1. The number of hydrogen-bond acceptors (Lipinski definition) is 6. The molecule has 0 radical (unpaired) electrons. The van der Waals surface area contributed by atoms with Crippen molar-refractivity contribution in [1.82, 2.24) is 19.9 Å². The highest BCUT2D eigenvalue weighted by molar-refractivity contribution is 7.12. The maximum atomic E-state index is 13.6. The summed E-state index contributed by atoms with van der Waals surface area (Å²) in [6, 6.07) is 13.3. The molecule has 9 heteroatoms. The highest BCUT2D eigenvalue weighted by Crippen LogP contribution is 2.29. The van der Waals surface area contributed by atoms with Crippen LogP contribution in [0.25, 0.3) is 22.2 Å². The third kappa shape index (κ3) is 5.31. The summed E-state index contributed by atoms with van der Waals surface area (Å²) < 4.78 is 19.2. The number of halogens is 1. The van der Waals surface area contributed by atoms with E-state index in [2.05, 4.69) is 15.0 Å². The number of aromatic nitrogens is 3. The minimum absolute atomic E-state index is 0.0501. The Bertz CT molecular complexity index is 1410. The van der Waals surface area contributed by atoms with E-state index in [4.69, 9.17) is 4.74 Å². The van der Waals surface area contributed by atoms with E-state index in [1.807, 2.05) is 13.0 Å². The van der Waals surface area contributed by atoms with Gasteiger partial charge in [0.25, 0.3) is 5.56 Å². The fourth-order valence-corrected chi connectivity index (χ4v) is 5.30. The first-order chi connectivity index (χ1) is 17.0. The summed E-state index contributed by atoms with van der Waals surface area (Å²) >= 11 is 1.46. The van der Waals surface area contributed by atoms with E-state index in [1.165, 1.54) is 23.5 Å². The van der Waals surface area contributed by atoms with Crippen molar-refractivity contribution >= 4 is 28.1 Å². The van der Waals surface area contributed by atoms with Crippen LogP contribution in [0.4, 0.5) is 4.39 Å². The fraction of sp³-hybridized carbons (Fsp3) is 0.308. The molecular weight excluding hydrogens is 467 g/mol. The Hall–Kier alpha value is -3.43. The average Bonchev–Trinajstić information content (AvgIpc) is 3.48. The molecule has 2 aromatic heterocycles. The van der Waals surface area contributed by atoms with Gasteiger partial charge in [-0.25, -0.2) is 14.4 Å². The lowest BCUT2D eigenvalue weighted by molar-refractivity contribution is -0.132. The van der Waals surface area contributed by atoms with Crippen molar-refractivity contribution in [2.45, 2.75) is 38.8 Å². The summed E-state index contributed by atoms with van der Waals surface area (Å²) in [5, 5.41) is 1.34. The number of H-pyrrole nitrogens is 1. The number of carbonyl (C=O) groups excluding carboxylic acids is 1. The number of benzene rings is 2. The van der Waals surface area contributed by atoms with Crippen LogP contribution >= 0.6 is 11.3 Å². The highest BCUT2D eigenvalue weighted by atomic mass is 32.1. The van der Waals surface area contributed by atoms with E-state index in [0.29, 0.717) is 35.6 Å². The minimum Gasteiger partial charge on any atom is -0.376 e. The lowest BCUT2D eigenvalue weighted by Crippen LogP contribution is -2.38. The largest absolute Gasteiger partial charge is 0.376 e. The Morgan fingerprint density at radius 1 is 1.20 bits per heavy atom. The van der Waals surface area contributed by atoms with Gasteiger partial charge < -0.3 is 14.6 Å². The quantitative estimate of drug-likeness (QED) is 0.417. The minimum atomic E-state index is -0.321. The van der Waals surface area contributed by atoms with Crippen molar-refractivity contribution in [2.75, 3.05) is 13.2 Å². The molecule has 1 fully saturated rings. The van der Waals surface area contributed by atoms with E-state index in [9.17, 15) is 14.0 Å². The molecule has 0 saturated carbocycles. The Morgan fingerprint density at radius 3 is 2.77 bits per heavy atom. The second-order valence-corrected chi connectivity index (χ2v) is 9.92. The third-order valence-corrected chi connectivity index (χ3v) is 7.01. The highest BCUT2D eigenvalue weighted by Gasteiger charge is 2.25. The van der Waals surface area contributed by atoms with Crippen LogP contribution in [-0.2, 0) is 22.5 Å². The van der Waals surface area contributed by atoms with Gasteiger partial charge in [0.15, 0.2) is 0 Å². The Balaban J connectivity index is 1.42. The third-order valence-electron chi connectivity index (χ3n) is 6.04. The van der Waals surface area contributed by atoms with E-state index >= 15 is 0 Å². The maximum Gasteiger partial charge on any atom is 0.258 e. The molecule has 1 atom stereocenters. The van der Waals surface area contributed by atoms with Crippen LogP contribution in [0, 0.1) is 12.7 Å². The van der Waals surface area contributed by atoms with Gasteiger partial charge in [-0.05, 0) is 56.2 Å². The van der Waals surface area contributed by atoms with Crippen molar-refractivity contribution < 1.29 is 13.9 Å². The van der Waals surface area contributed by atoms with E-state index < -0.39 is 0 Å². The molecule has 35 heavy (non-hydrogen) atoms. The van der Waals surface area contributed by atoms with Gasteiger partial charge in [-0.3, -0.25) is 9.59 Å². The van der Waals surface area contributed by atoms with Gasteiger partial charge in [-0.1, -0.05) is 12.1 Å². The number of carbonyl (C=O) groups is 1. The zero-order chi connectivity index (χ0) is 24.4. The lowest BCUT2D eigenvalue weighted by atomic mass is 10.1. The first-order valence-corrected chi connectivity index (χ1v) is 12.4. The average molecular weight is 493 g/mol. The summed E-state index contributed by atoms with van der Waals surface area (Å²) in [5.41, 5.74) is 1.82. The summed E-state index contributed by atoms with van der Waals surface area (Å²) in [5.74, 6) is 0.000512. The molecule has 0 aliphatic carbocycles. The van der Waals surface area contributed by atoms with E-state index in [1.54, 1.807) is 35.2 Å². The first-order valence-electron chi connectivity index (χ1n) is 11.6. The number of hydrogen-bond donors (Lipinski definition) is 1. The molecule has 1 saturated heterocycles. The summed E-state index contributed by atoms with van der Waals surface area (Å²) in [6.45, 7) is 3.15. The second-order valence-electron chi connectivity index (χ2n) is 8.63. The molecule has 3 heterocycles. The smallest absolute Gasteiger partial charge is 0.258 e. The zero-order valence-corrected chi connectivity index (χ0v) is 20.1. The van der Waals surface area contributed by atoms with Gasteiger partial charge in [-0.15, -0.1) is 11.3 Å². The van der Waals surface area contributed by atoms with E-state index in [-0.39, 0.29) is 36.4 Å². The molecule has 1 unspecified atom stereocenters. The Labute approximate surface area is 205 Å². The molecule has 0 bridgehead atoms. The summed E-state index contributed by atoms with van der Waals surface area (Å²) in [7, 11) is 0. The lowest BCUT2D eigenvalue weighted by Gasteiger charge is -2.25. The van der Waals surface area contributed by atoms with Gasteiger partial charge in [-0.2, -0.15) is 0 Å². The number of amides is 1. The van der Waals surface area contributed by atoms with Crippen LogP contribution in [0.15, 0.2) is 53.3 Å². The number of nitrogens with one attached hydrogen (secondary N) is 1. The molecule has 1 aliphatic rings. The number of nitrogens with zero attached hydrogens (tertiary/aromatic N) is 3. The van der Waals surface area contributed by atoms with Crippen molar-refractivity contribution in [3.63, 3.8) is 0 Å².